The highest BCUT2D eigenvalue weighted by atomic mass is 79.9. The van der Waals surface area contributed by atoms with E-state index in [2.05, 4.69) is 31.5 Å². The van der Waals surface area contributed by atoms with E-state index in [-0.39, 0.29) is 0 Å². The fraction of sp³-hybridized carbons (Fsp3) is 0.533. The number of anilines is 1. The van der Waals surface area contributed by atoms with Gasteiger partial charge in [-0.1, -0.05) is 48.0 Å². The number of hydrogen-bond acceptors (Lipinski definition) is 4. The van der Waals surface area contributed by atoms with Crippen molar-refractivity contribution in [3.05, 3.63) is 22.7 Å². The first-order valence-electron chi connectivity index (χ1n) is 7.55. The molecule has 1 aromatic heterocycles. The summed E-state index contributed by atoms with van der Waals surface area (Å²) in [6, 6.07) is 5.71. The second-order valence-corrected chi connectivity index (χ2v) is 6.61. The number of nitrogen functional groups attached to an aromatic ring is 1. The minimum atomic E-state index is 0.718. The summed E-state index contributed by atoms with van der Waals surface area (Å²) in [4.78, 5) is 0. The van der Waals surface area contributed by atoms with E-state index in [0.29, 0.717) is 0 Å². The molecule has 2 N–H and O–H groups in total. The van der Waals surface area contributed by atoms with Gasteiger partial charge in [0.25, 0.3) is 0 Å². The van der Waals surface area contributed by atoms with Gasteiger partial charge in [0, 0.05) is 22.3 Å². The average Bonchev–Trinajstić information content (AvgIpc) is 2.97. The normalized spacial score (nSPS) is 16.2. The van der Waals surface area contributed by atoms with E-state index in [1.165, 1.54) is 32.1 Å². The Bertz CT molecular complexity index is 604. The summed E-state index contributed by atoms with van der Waals surface area (Å²) in [7, 11) is 0. The Balaban J connectivity index is 1.75. The zero-order valence-electron chi connectivity index (χ0n) is 12.0. The van der Waals surface area contributed by atoms with Crippen LogP contribution in [0.2, 0.25) is 0 Å². The Kier molecular flexibility index (Phi) is 4.53. The standard InChI is InChI=1S/C15H20BrN5/c16-14-7-6-12(17)10-13(14)15-18-19-20-21(15)9-8-11-4-2-1-3-5-11/h6-7,10-11H,1-5,8-9,17H2. The van der Waals surface area contributed by atoms with Gasteiger partial charge in [-0.2, -0.15) is 0 Å². The van der Waals surface area contributed by atoms with E-state index >= 15 is 0 Å². The molecule has 0 saturated heterocycles. The van der Waals surface area contributed by atoms with Crippen molar-refractivity contribution in [2.75, 3.05) is 5.73 Å². The van der Waals surface area contributed by atoms with Gasteiger partial charge in [0.15, 0.2) is 5.82 Å². The highest BCUT2D eigenvalue weighted by molar-refractivity contribution is 9.10. The highest BCUT2D eigenvalue weighted by Gasteiger charge is 2.16. The van der Waals surface area contributed by atoms with Crippen molar-refractivity contribution in [3.63, 3.8) is 0 Å². The van der Waals surface area contributed by atoms with E-state index in [9.17, 15) is 0 Å². The van der Waals surface area contributed by atoms with Crippen molar-refractivity contribution in [1.29, 1.82) is 0 Å². The van der Waals surface area contributed by atoms with E-state index < -0.39 is 0 Å². The van der Waals surface area contributed by atoms with Crippen LogP contribution in [-0.2, 0) is 6.54 Å². The molecule has 3 rings (SSSR count). The number of tetrazole rings is 1. The Labute approximate surface area is 133 Å². The van der Waals surface area contributed by atoms with Crippen molar-refractivity contribution < 1.29 is 0 Å². The first-order chi connectivity index (χ1) is 10.2. The highest BCUT2D eigenvalue weighted by Crippen LogP contribution is 2.30. The molecule has 0 atom stereocenters. The Morgan fingerprint density at radius 2 is 2.05 bits per heavy atom. The first-order valence-corrected chi connectivity index (χ1v) is 8.35. The Morgan fingerprint density at radius 3 is 2.86 bits per heavy atom. The zero-order chi connectivity index (χ0) is 14.7. The van der Waals surface area contributed by atoms with Crippen LogP contribution in [0.15, 0.2) is 22.7 Å². The minimum absolute atomic E-state index is 0.718. The molecule has 0 bridgehead atoms. The lowest BCUT2D eigenvalue weighted by Crippen LogP contribution is -2.12. The van der Waals surface area contributed by atoms with Crippen LogP contribution in [0, 0.1) is 5.92 Å². The van der Waals surface area contributed by atoms with Crippen LogP contribution >= 0.6 is 15.9 Å². The lowest BCUT2D eigenvalue weighted by molar-refractivity contribution is 0.318. The van der Waals surface area contributed by atoms with Gasteiger partial charge in [0.1, 0.15) is 0 Å². The molecule has 1 saturated carbocycles. The molecule has 112 valence electrons. The zero-order valence-corrected chi connectivity index (χ0v) is 13.6. The number of aromatic nitrogens is 4. The molecule has 5 nitrogen and oxygen atoms in total. The van der Waals surface area contributed by atoms with Gasteiger partial charge in [-0.05, 0) is 41.0 Å². The fourth-order valence-electron chi connectivity index (χ4n) is 3.04. The monoisotopic (exact) mass is 349 g/mol. The van der Waals surface area contributed by atoms with E-state index in [0.717, 1.165) is 40.4 Å². The predicted octanol–water partition coefficient (Wildman–Crippen LogP) is 3.66. The Hall–Kier alpha value is -1.43. The molecule has 0 aliphatic heterocycles. The Morgan fingerprint density at radius 1 is 1.24 bits per heavy atom. The molecular weight excluding hydrogens is 330 g/mol. The van der Waals surface area contributed by atoms with Crippen LogP contribution in [0.5, 0.6) is 0 Å². The second-order valence-electron chi connectivity index (χ2n) is 5.76. The lowest BCUT2D eigenvalue weighted by atomic mass is 9.87. The molecule has 6 heteroatoms. The fourth-order valence-corrected chi connectivity index (χ4v) is 3.47. The minimum Gasteiger partial charge on any atom is -0.399 e. The number of nitrogens with two attached hydrogens (primary N) is 1. The summed E-state index contributed by atoms with van der Waals surface area (Å²) < 4.78 is 2.86. The summed E-state index contributed by atoms with van der Waals surface area (Å²) >= 11 is 3.55. The molecule has 2 aromatic rings. The number of benzene rings is 1. The van der Waals surface area contributed by atoms with Crippen LogP contribution in [0.3, 0.4) is 0 Å². The molecule has 0 spiro atoms. The van der Waals surface area contributed by atoms with Gasteiger partial charge >= 0.3 is 0 Å². The molecule has 0 amide bonds. The maximum atomic E-state index is 5.88. The SMILES string of the molecule is Nc1ccc(Br)c(-c2nnnn2CCC2CCCCC2)c1. The number of halogens is 1. The van der Waals surface area contributed by atoms with Gasteiger partial charge in [-0.3, -0.25) is 0 Å². The van der Waals surface area contributed by atoms with Crippen molar-refractivity contribution in [1.82, 2.24) is 20.2 Å². The third-order valence-electron chi connectivity index (χ3n) is 4.24. The topological polar surface area (TPSA) is 69.6 Å². The van der Waals surface area contributed by atoms with E-state index in [4.69, 9.17) is 5.73 Å². The summed E-state index contributed by atoms with van der Waals surface area (Å²) in [5.41, 5.74) is 7.54. The average molecular weight is 350 g/mol. The number of nitrogens with zero attached hydrogens (tertiary/aromatic N) is 4. The van der Waals surface area contributed by atoms with Crippen LogP contribution < -0.4 is 5.73 Å². The summed E-state index contributed by atoms with van der Waals surface area (Å²) in [6.45, 7) is 0.869. The second kappa shape index (κ2) is 6.56. The number of aryl methyl sites for hydroxylation is 1. The van der Waals surface area contributed by atoms with Gasteiger partial charge < -0.3 is 5.73 Å². The van der Waals surface area contributed by atoms with Crippen molar-refractivity contribution in [2.45, 2.75) is 45.1 Å². The third-order valence-corrected chi connectivity index (χ3v) is 4.93. The van der Waals surface area contributed by atoms with Crippen molar-refractivity contribution >= 4 is 21.6 Å². The van der Waals surface area contributed by atoms with Gasteiger partial charge in [0.05, 0.1) is 0 Å². The van der Waals surface area contributed by atoms with Crippen molar-refractivity contribution in [3.8, 4) is 11.4 Å². The van der Waals surface area contributed by atoms with E-state index in [1.807, 2.05) is 22.9 Å². The quantitative estimate of drug-likeness (QED) is 0.855. The molecule has 0 radical (unpaired) electrons. The third kappa shape index (κ3) is 3.43. The summed E-state index contributed by atoms with van der Waals surface area (Å²) in [5, 5.41) is 12.1. The summed E-state index contributed by atoms with van der Waals surface area (Å²) in [6.07, 6.45) is 7.97. The van der Waals surface area contributed by atoms with Gasteiger partial charge in [0.2, 0.25) is 0 Å². The molecule has 21 heavy (non-hydrogen) atoms. The maximum absolute atomic E-state index is 5.88. The van der Waals surface area contributed by atoms with E-state index in [1.54, 1.807) is 0 Å². The maximum Gasteiger partial charge on any atom is 0.183 e. The lowest BCUT2D eigenvalue weighted by Gasteiger charge is -2.21. The van der Waals surface area contributed by atoms with Crippen LogP contribution in [0.4, 0.5) is 5.69 Å². The molecule has 0 unspecified atom stereocenters. The van der Waals surface area contributed by atoms with Gasteiger partial charge in [-0.25, -0.2) is 4.68 Å². The molecular formula is C15H20BrN5. The number of rotatable bonds is 4. The molecule has 1 fully saturated rings. The van der Waals surface area contributed by atoms with Crippen LogP contribution in [0.25, 0.3) is 11.4 Å². The van der Waals surface area contributed by atoms with Crippen LogP contribution in [-0.4, -0.2) is 20.2 Å². The smallest absolute Gasteiger partial charge is 0.183 e. The largest absolute Gasteiger partial charge is 0.399 e. The molecule has 1 heterocycles. The predicted molar refractivity (Wildman–Crippen MR) is 86.6 cm³/mol. The number of hydrogen-bond donors (Lipinski definition) is 1. The molecule has 1 aromatic carbocycles. The summed E-state index contributed by atoms with van der Waals surface area (Å²) in [5.74, 6) is 1.60. The van der Waals surface area contributed by atoms with Gasteiger partial charge in [-0.15, -0.1) is 5.10 Å². The van der Waals surface area contributed by atoms with Crippen LogP contribution in [0.1, 0.15) is 38.5 Å². The molecule has 1 aliphatic carbocycles. The molecule has 1 aliphatic rings. The first kappa shape index (κ1) is 14.5. The van der Waals surface area contributed by atoms with Crippen molar-refractivity contribution in [2.24, 2.45) is 5.92 Å².